The number of aromatic nitrogens is 2. The molecule has 0 amide bonds. The maximum absolute atomic E-state index is 16.1. The third kappa shape index (κ3) is 3.85. The molecule has 0 N–H and O–H groups in total. The van der Waals surface area contributed by atoms with Gasteiger partial charge in [-0.2, -0.15) is 0 Å². The number of rotatable bonds is 3. The summed E-state index contributed by atoms with van der Waals surface area (Å²) in [4.78, 5) is 10.2. The Morgan fingerprint density at radius 3 is 1.68 bits per heavy atom. The Morgan fingerprint density at radius 1 is 0.455 bits per heavy atom. The maximum atomic E-state index is 16.1. The Morgan fingerprint density at radius 2 is 1.02 bits per heavy atom. The minimum Gasteiger partial charge on any atom is -0.226 e. The van der Waals surface area contributed by atoms with Crippen LogP contribution in [0.15, 0.2) is 140 Å². The van der Waals surface area contributed by atoms with Crippen LogP contribution in [0.5, 0.6) is 0 Å². The summed E-state index contributed by atoms with van der Waals surface area (Å²) in [7, 11) is 0. The molecule has 0 aliphatic carbocycles. The van der Waals surface area contributed by atoms with Gasteiger partial charge in [0.1, 0.15) is 5.82 Å². The Kier molecular flexibility index (Phi) is 5.59. The molecule has 2 nitrogen and oxygen atoms in total. The third-order valence-corrected chi connectivity index (χ3v) is 9.70. The van der Waals surface area contributed by atoms with Crippen LogP contribution in [0.2, 0.25) is 0 Å². The van der Waals surface area contributed by atoms with Crippen molar-refractivity contribution in [3.05, 3.63) is 145 Å². The van der Waals surface area contributed by atoms with Gasteiger partial charge in [0.25, 0.3) is 0 Å². The molecule has 9 aromatic rings. The third-order valence-electron chi connectivity index (χ3n) is 8.53. The lowest BCUT2D eigenvalue weighted by molar-refractivity contribution is 0.633. The van der Waals surface area contributed by atoms with E-state index in [0.29, 0.717) is 11.4 Å². The van der Waals surface area contributed by atoms with Crippen molar-refractivity contribution < 1.29 is 4.39 Å². The average Bonchev–Trinajstić information content (AvgIpc) is 3.46. The van der Waals surface area contributed by atoms with E-state index in [0.717, 1.165) is 69.6 Å². The van der Waals surface area contributed by atoms with Crippen molar-refractivity contribution in [1.29, 1.82) is 0 Å². The van der Waals surface area contributed by atoms with E-state index in [2.05, 4.69) is 60.7 Å². The summed E-state index contributed by atoms with van der Waals surface area (Å²) in [5, 5.41) is 7.47. The molecule has 0 saturated heterocycles. The lowest BCUT2D eigenvalue weighted by atomic mass is 9.91. The van der Waals surface area contributed by atoms with Gasteiger partial charge in [-0.1, -0.05) is 115 Å². The van der Waals surface area contributed by atoms with Gasteiger partial charge in [-0.15, -0.1) is 11.3 Å². The normalized spacial score (nSPS) is 11.8. The molecule has 206 valence electrons. The summed E-state index contributed by atoms with van der Waals surface area (Å²) in [6, 6.07) is 47.0. The van der Waals surface area contributed by atoms with Crippen LogP contribution in [-0.2, 0) is 0 Å². The first kappa shape index (κ1) is 25.1. The molecule has 4 heteroatoms. The predicted octanol–water partition coefficient (Wildman–Crippen LogP) is 11.4. The molecular formula is C40H23FN2S. The van der Waals surface area contributed by atoms with Gasteiger partial charge in [-0.05, 0) is 62.1 Å². The van der Waals surface area contributed by atoms with E-state index >= 15 is 4.39 Å². The Hall–Kier alpha value is -5.45. The van der Waals surface area contributed by atoms with Gasteiger partial charge in [-0.3, -0.25) is 0 Å². The number of thiophene rings is 1. The Balaban J connectivity index is 1.31. The van der Waals surface area contributed by atoms with Crippen molar-refractivity contribution in [2.45, 2.75) is 0 Å². The molecule has 0 bridgehead atoms. The molecule has 0 spiro atoms. The van der Waals surface area contributed by atoms with Crippen LogP contribution in [0.1, 0.15) is 0 Å². The summed E-state index contributed by atoms with van der Waals surface area (Å²) in [6.45, 7) is 0. The minimum atomic E-state index is -0.235. The molecule has 44 heavy (non-hydrogen) atoms. The first-order valence-electron chi connectivity index (χ1n) is 14.6. The topological polar surface area (TPSA) is 25.8 Å². The molecule has 0 fully saturated rings. The SMILES string of the molecule is Fc1cc2c3ccccc3c3ccccc3c2cc1-c1ccc2sc3c(-c4ccccc4)nc(-c4ccccc4)nc3c2c1. The number of benzene rings is 7. The summed E-state index contributed by atoms with van der Waals surface area (Å²) in [5.41, 5.74) is 5.21. The van der Waals surface area contributed by atoms with E-state index < -0.39 is 0 Å². The zero-order chi connectivity index (χ0) is 29.2. The van der Waals surface area contributed by atoms with Gasteiger partial charge in [-0.25, -0.2) is 14.4 Å². The summed E-state index contributed by atoms with van der Waals surface area (Å²) in [6.07, 6.45) is 0. The second kappa shape index (κ2) is 9.80. The monoisotopic (exact) mass is 582 g/mol. The van der Waals surface area contributed by atoms with Crippen molar-refractivity contribution in [2.24, 2.45) is 0 Å². The lowest BCUT2D eigenvalue weighted by Crippen LogP contribution is -1.93. The van der Waals surface area contributed by atoms with E-state index in [4.69, 9.17) is 9.97 Å². The highest BCUT2D eigenvalue weighted by atomic mass is 32.1. The van der Waals surface area contributed by atoms with Crippen molar-refractivity contribution in [3.8, 4) is 33.8 Å². The Labute approximate surface area is 256 Å². The molecule has 2 heterocycles. The number of hydrogen-bond donors (Lipinski definition) is 0. The molecule has 9 rings (SSSR count). The van der Waals surface area contributed by atoms with Crippen LogP contribution >= 0.6 is 11.3 Å². The Bertz CT molecular complexity index is 2550. The molecule has 0 radical (unpaired) electrons. The molecule has 0 aliphatic heterocycles. The van der Waals surface area contributed by atoms with Crippen molar-refractivity contribution >= 4 is 64.0 Å². The molecule has 0 atom stereocenters. The lowest BCUT2D eigenvalue weighted by Gasteiger charge is -2.13. The van der Waals surface area contributed by atoms with Crippen molar-refractivity contribution in [2.75, 3.05) is 0 Å². The molecule has 2 aromatic heterocycles. The molecule has 0 aliphatic rings. The fourth-order valence-corrected chi connectivity index (χ4v) is 7.60. The van der Waals surface area contributed by atoms with Gasteiger partial charge < -0.3 is 0 Å². The van der Waals surface area contributed by atoms with Gasteiger partial charge in [0.05, 0.1) is 15.9 Å². The number of hydrogen-bond acceptors (Lipinski definition) is 3. The molecule has 0 unspecified atom stereocenters. The van der Waals surface area contributed by atoms with Crippen LogP contribution in [0.4, 0.5) is 4.39 Å². The largest absolute Gasteiger partial charge is 0.226 e. The fourth-order valence-electron chi connectivity index (χ4n) is 6.47. The highest BCUT2D eigenvalue weighted by molar-refractivity contribution is 7.26. The fraction of sp³-hybridized carbons (Fsp3) is 0. The molecule has 0 saturated carbocycles. The van der Waals surface area contributed by atoms with Crippen molar-refractivity contribution in [1.82, 2.24) is 9.97 Å². The quantitative estimate of drug-likeness (QED) is 0.194. The van der Waals surface area contributed by atoms with E-state index in [-0.39, 0.29) is 5.82 Å². The number of nitrogens with zero attached hydrogens (tertiary/aromatic N) is 2. The van der Waals surface area contributed by atoms with Gasteiger partial charge in [0.2, 0.25) is 0 Å². The minimum absolute atomic E-state index is 0.235. The standard InChI is InChI=1S/C40H23FN2S/c41-35-23-33-30-18-10-8-16-28(30)27-15-7-9-17-29(27)32(33)22-31(35)26-19-20-36-34(21-26)38-39(44-36)37(24-11-3-1-4-12-24)42-40(43-38)25-13-5-2-6-14-25/h1-23H. The van der Waals surface area contributed by atoms with E-state index in [9.17, 15) is 0 Å². The zero-order valence-corrected chi connectivity index (χ0v) is 24.3. The first-order valence-corrected chi connectivity index (χ1v) is 15.4. The number of halogens is 1. The smallest absolute Gasteiger partial charge is 0.160 e. The van der Waals surface area contributed by atoms with Gasteiger partial charge in [0, 0.05) is 26.8 Å². The average molecular weight is 583 g/mol. The summed E-state index contributed by atoms with van der Waals surface area (Å²) in [5.74, 6) is 0.443. The van der Waals surface area contributed by atoms with E-state index in [1.807, 2.05) is 72.8 Å². The second-order valence-corrected chi connectivity index (χ2v) is 12.1. The highest BCUT2D eigenvalue weighted by Gasteiger charge is 2.19. The number of fused-ring (bicyclic) bond motifs is 9. The molecular weight excluding hydrogens is 560 g/mol. The van der Waals surface area contributed by atoms with E-state index in [1.165, 1.54) is 5.39 Å². The van der Waals surface area contributed by atoms with Crippen LogP contribution in [-0.4, -0.2) is 9.97 Å². The zero-order valence-electron chi connectivity index (χ0n) is 23.5. The first-order chi connectivity index (χ1) is 21.7. The van der Waals surface area contributed by atoms with Crippen LogP contribution in [0, 0.1) is 5.82 Å². The van der Waals surface area contributed by atoms with E-state index in [1.54, 1.807) is 17.4 Å². The van der Waals surface area contributed by atoms with Crippen molar-refractivity contribution in [3.63, 3.8) is 0 Å². The summed E-state index contributed by atoms with van der Waals surface area (Å²) < 4.78 is 18.2. The highest BCUT2D eigenvalue weighted by Crippen LogP contribution is 2.43. The summed E-state index contributed by atoms with van der Waals surface area (Å²) >= 11 is 1.68. The van der Waals surface area contributed by atoms with Gasteiger partial charge >= 0.3 is 0 Å². The van der Waals surface area contributed by atoms with Crippen LogP contribution in [0.3, 0.4) is 0 Å². The van der Waals surface area contributed by atoms with Gasteiger partial charge in [0.15, 0.2) is 5.82 Å². The second-order valence-electron chi connectivity index (χ2n) is 11.1. The predicted molar refractivity (Wildman–Crippen MR) is 184 cm³/mol. The van der Waals surface area contributed by atoms with Crippen LogP contribution in [0.25, 0.3) is 86.4 Å². The molecule has 7 aromatic carbocycles. The maximum Gasteiger partial charge on any atom is 0.160 e. The van der Waals surface area contributed by atoms with Crippen LogP contribution < -0.4 is 0 Å².